The van der Waals surface area contributed by atoms with Crippen LogP contribution in [0.4, 0.5) is 0 Å². The molecule has 1 heterocycles. The molecule has 1 atom stereocenters. The molecule has 4 heteroatoms. The molecule has 0 saturated heterocycles. The number of rotatable bonds is 3. The van der Waals surface area contributed by atoms with Crippen LogP contribution in [0, 0.1) is 5.92 Å². The van der Waals surface area contributed by atoms with E-state index in [9.17, 15) is 4.79 Å². The molecular weight excluding hydrogens is 268 g/mol. The van der Waals surface area contributed by atoms with Crippen LogP contribution >= 0.6 is 15.9 Å². The van der Waals surface area contributed by atoms with Crippen molar-refractivity contribution in [2.24, 2.45) is 5.92 Å². The van der Waals surface area contributed by atoms with Crippen molar-refractivity contribution in [3.05, 3.63) is 28.5 Å². The molecule has 1 aromatic heterocycles. The molecule has 1 aliphatic rings. The van der Waals surface area contributed by atoms with Gasteiger partial charge >= 0.3 is 0 Å². The first-order valence-corrected chi connectivity index (χ1v) is 6.37. The first-order chi connectivity index (χ1) is 7.66. The van der Waals surface area contributed by atoms with Gasteiger partial charge in [0, 0.05) is 22.9 Å². The van der Waals surface area contributed by atoms with Crippen molar-refractivity contribution in [1.82, 2.24) is 10.3 Å². The van der Waals surface area contributed by atoms with Gasteiger partial charge in [-0.25, -0.2) is 0 Å². The second-order valence-electron chi connectivity index (χ2n) is 4.34. The fraction of sp³-hybridized carbons (Fsp3) is 0.500. The molecular formula is C12H15BrN2O. The summed E-state index contributed by atoms with van der Waals surface area (Å²) in [6.45, 7) is 2.08. The van der Waals surface area contributed by atoms with Crippen molar-refractivity contribution in [2.45, 2.75) is 32.2 Å². The van der Waals surface area contributed by atoms with Crippen molar-refractivity contribution in [3.8, 4) is 0 Å². The zero-order chi connectivity index (χ0) is 11.5. The Labute approximate surface area is 104 Å². The lowest BCUT2D eigenvalue weighted by atomic mass is 9.80. The van der Waals surface area contributed by atoms with E-state index in [2.05, 4.69) is 33.2 Å². The van der Waals surface area contributed by atoms with E-state index in [0.717, 1.165) is 4.47 Å². The van der Waals surface area contributed by atoms with Gasteiger partial charge in [0.2, 0.25) is 0 Å². The monoisotopic (exact) mass is 282 g/mol. The molecule has 86 valence electrons. The topological polar surface area (TPSA) is 42.0 Å². The quantitative estimate of drug-likeness (QED) is 0.926. The van der Waals surface area contributed by atoms with Crippen LogP contribution in [0.2, 0.25) is 0 Å². The SMILES string of the molecule is CC(NC(=O)c1cncc(Br)c1)C1CCC1. The lowest BCUT2D eigenvalue weighted by Gasteiger charge is -2.31. The van der Waals surface area contributed by atoms with Crippen molar-refractivity contribution in [1.29, 1.82) is 0 Å². The number of halogens is 1. The number of hydrogen-bond donors (Lipinski definition) is 1. The molecule has 0 bridgehead atoms. The molecule has 1 aliphatic carbocycles. The highest BCUT2D eigenvalue weighted by atomic mass is 79.9. The molecule has 1 N–H and O–H groups in total. The minimum Gasteiger partial charge on any atom is -0.349 e. The third-order valence-electron chi connectivity index (χ3n) is 3.18. The van der Waals surface area contributed by atoms with Crippen LogP contribution in [0.3, 0.4) is 0 Å². The highest BCUT2D eigenvalue weighted by Gasteiger charge is 2.25. The Balaban J connectivity index is 1.96. The fourth-order valence-electron chi connectivity index (χ4n) is 1.88. The van der Waals surface area contributed by atoms with Gasteiger partial charge in [-0.3, -0.25) is 9.78 Å². The predicted molar refractivity (Wildman–Crippen MR) is 66.2 cm³/mol. The largest absolute Gasteiger partial charge is 0.349 e. The van der Waals surface area contributed by atoms with Crippen molar-refractivity contribution >= 4 is 21.8 Å². The van der Waals surface area contributed by atoms with E-state index < -0.39 is 0 Å². The number of hydrogen-bond acceptors (Lipinski definition) is 2. The second-order valence-corrected chi connectivity index (χ2v) is 5.26. The molecule has 2 rings (SSSR count). The number of pyridine rings is 1. The molecule has 0 aliphatic heterocycles. The van der Waals surface area contributed by atoms with Gasteiger partial charge < -0.3 is 5.32 Å². The van der Waals surface area contributed by atoms with Crippen LogP contribution in [-0.2, 0) is 0 Å². The average Bonchev–Trinajstić information content (AvgIpc) is 2.14. The lowest BCUT2D eigenvalue weighted by molar-refractivity contribution is 0.0909. The maximum atomic E-state index is 11.9. The minimum absolute atomic E-state index is 0.0341. The van der Waals surface area contributed by atoms with E-state index in [-0.39, 0.29) is 11.9 Å². The Hall–Kier alpha value is -0.900. The Morgan fingerprint density at radius 1 is 1.56 bits per heavy atom. The van der Waals surface area contributed by atoms with E-state index >= 15 is 0 Å². The van der Waals surface area contributed by atoms with Gasteiger partial charge in [-0.05, 0) is 47.7 Å². The van der Waals surface area contributed by atoms with Gasteiger partial charge in [0.25, 0.3) is 5.91 Å². The van der Waals surface area contributed by atoms with E-state index in [1.165, 1.54) is 19.3 Å². The second kappa shape index (κ2) is 4.95. The number of carbonyl (C=O) groups excluding carboxylic acids is 1. The minimum atomic E-state index is -0.0341. The van der Waals surface area contributed by atoms with Gasteiger partial charge in [0.05, 0.1) is 5.56 Å². The van der Waals surface area contributed by atoms with E-state index in [1.807, 2.05) is 0 Å². The summed E-state index contributed by atoms with van der Waals surface area (Å²) in [5.41, 5.74) is 0.612. The van der Waals surface area contributed by atoms with Gasteiger partial charge in [-0.15, -0.1) is 0 Å². The summed E-state index contributed by atoms with van der Waals surface area (Å²) in [4.78, 5) is 15.9. The van der Waals surface area contributed by atoms with Crippen LogP contribution in [0.1, 0.15) is 36.5 Å². The molecule has 0 aromatic carbocycles. The maximum Gasteiger partial charge on any atom is 0.253 e. The summed E-state index contributed by atoms with van der Waals surface area (Å²) in [5.74, 6) is 0.622. The standard InChI is InChI=1S/C12H15BrN2O/c1-8(9-3-2-4-9)15-12(16)10-5-11(13)7-14-6-10/h5-9H,2-4H2,1H3,(H,15,16). The van der Waals surface area contributed by atoms with E-state index in [0.29, 0.717) is 11.5 Å². The maximum absolute atomic E-state index is 11.9. The van der Waals surface area contributed by atoms with E-state index in [4.69, 9.17) is 0 Å². The highest BCUT2D eigenvalue weighted by molar-refractivity contribution is 9.10. The first kappa shape index (κ1) is 11.6. The number of aromatic nitrogens is 1. The zero-order valence-electron chi connectivity index (χ0n) is 9.24. The Morgan fingerprint density at radius 2 is 2.31 bits per heavy atom. The summed E-state index contributed by atoms with van der Waals surface area (Å²) in [6, 6.07) is 2.05. The number of nitrogens with one attached hydrogen (secondary N) is 1. The number of nitrogens with zero attached hydrogens (tertiary/aromatic N) is 1. The molecule has 1 aromatic rings. The number of carbonyl (C=O) groups is 1. The smallest absolute Gasteiger partial charge is 0.253 e. The first-order valence-electron chi connectivity index (χ1n) is 5.58. The van der Waals surface area contributed by atoms with Crippen LogP contribution < -0.4 is 5.32 Å². The Kier molecular flexibility index (Phi) is 3.59. The third-order valence-corrected chi connectivity index (χ3v) is 3.62. The van der Waals surface area contributed by atoms with E-state index in [1.54, 1.807) is 18.5 Å². The fourth-order valence-corrected chi connectivity index (χ4v) is 2.25. The van der Waals surface area contributed by atoms with Crippen LogP contribution in [-0.4, -0.2) is 16.9 Å². The summed E-state index contributed by atoms with van der Waals surface area (Å²) in [5, 5.41) is 3.03. The van der Waals surface area contributed by atoms with Gasteiger partial charge in [0.1, 0.15) is 0 Å². The van der Waals surface area contributed by atoms with Crippen molar-refractivity contribution in [3.63, 3.8) is 0 Å². The summed E-state index contributed by atoms with van der Waals surface area (Å²) < 4.78 is 0.830. The molecule has 0 radical (unpaired) electrons. The summed E-state index contributed by atoms with van der Waals surface area (Å²) >= 11 is 3.31. The highest BCUT2D eigenvalue weighted by Crippen LogP contribution is 2.29. The van der Waals surface area contributed by atoms with Crippen LogP contribution in [0.5, 0.6) is 0 Å². The number of amides is 1. The van der Waals surface area contributed by atoms with Gasteiger partial charge in [-0.1, -0.05) is 6.42 Å². The predicted octanol–water partition coefficient (Wildman–Crippen LogP) is 2.76. The van der Waals surface area contributed by atoms with Crippen LogP contribution in [0.25, 0.3) is 0 Å². The van der Waals surface area contributed by atoms with Gasteiger partial charge in [-0.2, -0.15) is 0 Å². The zero-order valence-corrected chi connectivity index (χ0v) is 10.8. The normalized spacial score (nSPS) is 17.6. The average molecular weight is 283 g/mol. The molecule has 3 nitrogen and oxygen atoms in total. The lowest BCUT2D eigenvalue weighted by Crippen LogP contribution is -2.40. The van der Waals surface area contributed by atoms with Crippen molar-refractivity contribution < 1.29 is 4.79 Å². The molecule has 1 fully saturated rings. The molecule has 0 spiro atoms. The molecule has 1 saturated carbocycles. The summed E-state index contributed by atoms with van der Waals surface area (Å²) in [7, 11) is 0. The van der Waals surface area contributed by atoms with Crippen molar-refractivity contribution in [2.75, 3.05) is 0 Å². The van der Waals surface area contributed by atoms with Gasteiger partial charge in [0.15, 0.2) is 0 Å². The Morgan fingerprint density at radius 3 is 2.88 bits per heavy atom. The Bertz CT molecular complexity index is 390. The summed E-state index contributed by atoms with van der Waals surface area (Å²) in [6.07, 6.45) is 7.03. The van der Waals surface area contributed by atoms with Crippen LogP contribution in [0.15, 0.2) is 22.9 Å². The molecule has 1 unspecified atom stereocenters. The molecule has 1 amide bonds. The third kappa shape index (κ3) is 2.61. The molecule has 16 heavy (non-hydrogen) atoms.